The first-order valence-corrected chi connectivity index (χ1v) is 11.4. The molecule has 0 aliphatic rings. The summed E-state index contributed by atoms with van der Waals surface area (Å²) in [5, 5.41) is -1.49. The Bertz CT molecular complexity index is 619. The maximum atomic E-state index is 12.3. The van der Waals surface area contributed by atoms with E-state index >= 15 is 0 Å². The molecule has 1 atom stereocenters. The second kappa shape index (κ2) is 13.8. The molecule has 1 aromatic carbocycles. The zero-order chi connectivity index (χ0) is 20.0. The van der Waals surface area contributed by atoms with Gasteiger partial charge in [0.2, 0.25) is 0 Å². The molecule has 7 heteroatoms. The van der Waals surface area contributed by atoms with Crippen LogP contribution >= 0.6 is 0 Å². The number of ketones is 1. The van der Waals surface area contributed by atoms with Gasteiger partial charge in [-0.1, -0.05) is 82.2 Å². The average molecular weight is 400 g/mol. The fraction of sp³-hybridized carbons (Fsp3) is 0.650. The highest BCUT2D eigenvalue weighted by molar-refractivity contribution is 7.87. The highest BCUT2D eigenvalue weighted by atomic mass is 32.2. The van der Waals surface area contributed by atoms with Gasteiger partial charge in [0.05, 0.1) is 6.61 Å². The summed E-state index contributed by atoms with van der Waals surface area (Å²) >= 11 is 0. The number of rotatable bonds is 16. The van der Waals surface area contributed by atoms with Crippen molar-refractivity contribution in [3.63, 3.8) is 0 Å². The summed E-state index contributed by atoms with van der Waals surface area (Å²) in [6.07, 6.45) is 9.61. The third kappa shape index (κ3) is 10.6. The van der Waals surface area contributed by atoms with Crippen LogP contribution in [0.4, 0.5) is 0 Å². The van der Waals surface area contributed by atoms with Crippen LogP contribution in [0, 0.1) is 0 Å². The van der Waals surface area contributed by atoms with Crippen LogP contribution in [0.3, 0.4) is 0 Å². The van der Waals surface area contributed by atoms with E-state index in [0.717, 1.165) is 12.8 Å². The Hall–Kier alpha value is -1.28. The van der Waals surface area contributed by atoms with E-state index in [1.165, 1.54) is 50.7 Å². The summed E-state index contributed by atoms with van der Waals surface area (Å²) in [7, 11) is -4.47. The van der Waals surface area contributed by atoms with Crippen LogP contribution in [0.25, 0.3) is 0 Å². The fourth-order valence-electron chi connectivity index (χ4n) is 2.85. The second-order valence-electron chi connectivity index (χ2n) is 6.74. The first-order valence-electron chi connectivity index (χ1n) is 9.87. The summed E-state index contributed by atoms with van der Waals surface area (Å²) in [6, 6.07) is 8.11. The number of hydroxylamine groups is 1. The molecule has 1 unspecified atom stereocenters. The van der Waals surface area contributed by atoms with E-state index in [2.05, 4.69) is 12.4 Å². The lowest BCUT2D eigenvalue weighted by atomic mass is 10.1. The van der Waals surface area contributed by atoms with Crippen LogP contribution in [-0.2, 0) is 15.0 Å². The molecule has 6 nitrogen and oxygen atoms in total. The topological polar surface area (TPSA) is 92.7 Å². The van der Waals surface area contributed by atoms with Crippen LogP contribution in [0.1, 0.15) is 75.1 Å². The van der Waals surface area contributed by atoms with Crippen molar-refractivity contribution in [3.8, 4) is 0 Å². The molecule has 0 amide bonds. The Morgan fingerprint density at radius 2 is 1.63 bits per heavy atom. The summed E-state index contributed by atoms with van der Waals surface area (Å²) in [6.45, 7) is 2.91. The van der Waals surface area contributed by atoms with E-state index in [0.29, 0.717) is 6.61 Å². The Kier molecular flexibility index (Phi) is 12.2. The number of Topliss-reactive ketones (excluding diaryl/α,β-unsaturated/α-hetero) is 1. The molecule has 1 rings (SSSR count). The largest absolute Gasteiger partial charge is 0.302 e. The van der Waals surface area contributed by atoms with Crippen molar-refractivity contribution in [2.45, 2.75) is 70.0 Å². The molecule has 27 heavy (non-hydrogen) atoms. The first kappa shape index (κ1) is 23.8. The first-order chi connectivity index (χ1) is 13.0. The fourth-order valence-corrected chi connectivity index (χ4v) is 3.67. The minimum Gasteiger partial charge on any atom is -0.302 e. The number of carbonyl (C=O) groups is 1. The number of benzene rings is 1. The highest BCUT2D eigenvalue weighted by Crippen LogP contribution is 2.13. The molecule has 0 spiro atoms. The van der Waals surface area contributed by atoms with E-state index in [1.807, 2.05) is 0 Å². The van der Waals surface area contributed by atoms with Crippen LogP contribution in [0.15, 0.2) is 30.3 Å². The van der Waals surface area contributed by atoms with E-state index in [-0.39, 0.29) is 18.5 Å². The Balaban J connectivity index is 2.19. The van der Waals surface area contributed by atoms with E-state index in [1.54, 1.807) is 18.2 Å². The molecule has 0 radical (unpaired) electrons. The molecule has 0 heterocycles. The lowest BCUT2D eigenvalue weighted by Gasteiger charge is -2.13. The zero-order valence-corrected chi connectivity index (χ0v) is 17.0. The SMILES string of the molecule is CCCCCCCCCCONCCC(C(=O)c1ccccc1)S(=O)(=O)O. The molecule has 0 saturated heterocycles. The normalized spacial score (nSPS) is 12.8. The molecule has 0 aliphatic carbocycles. The van der Waals surface area contributed by atoms with Crippen molar-refractivity contribution in [3.05, 3.63) is 35.9 Å². The second-order valence-corrected chi connectivity index (χ2v) is 8.34. The Morgan fingerprint density at radius 3 is 2.22 bits per heavy atom. The van der Waals surface area contributed by atoms with Gasteiger partial charge in [0, 0.05) is 12.1 Å². The van der Waals surface area contributed by atoms with Crippen LogP contribution < -0.4 is 5.48 Å². The summed E-state index contributed by atoms with van der Waals surface area (Å²) in [4.78, 5) is 17.6. The minimum absolute atomic E-state index is 0.0516. The third-order valence-corrected chi connectivity index (χ3v) is 5.59. The standard InChI is InChI=1S/C20H33NO5S/c1-2-3-4-5-6-7-8-12-17-26-21-16-15-19(27(23,24)25)20(22)18-13-10-9-11-14-18/h9-11,13-14,19,21H,2-8,12,15-17H2,1H3,(H,23,24,25). The van der Waals surface area contributed by atoms with Gasteiger partial charge in [0.15, 0.2) is 11.0 Å². The predicted molar refractivity (Wildman–Crippen MR) is 107 cm³/mol. The van der Waals surface area contributed by atoms with Crippen molar-refractivity contribution < 1.29 is 22.6 Å². The molecule has 0 bridgehead atoms. The molecule has 0 saturated carbocycles. The zero-order valence-electron chi connectivity index (χ0n) is 16.2. The molecule has 0 fully saturated rings. The van der Waals surface area contributed by atoms with E-state index in [9.17, 15) is 17.8 Å². The molecular formula is C20H33NO5S. The minimum atomic E-state index is -4.47. The summed E-state index contributed by atoms with van der Waals surface area (Å²) in [5.74, 6) is -0.608. The van der Waals surface area contributed by atoms with Crippen LogP contribution in [-0.4, -0.2) is 37.2 Å². The Labute approximate surface area is 163 Å². The predicted octanol–water partition coefficient (Wildman–Crippen LogP) is 4.18. The van der Waals surface area contributed by atoms with E-state index in [4.69, 9.17) is 4.84 Å². The van der Waals surface area contributed by atoms with Crippen molar-refractivity contribution in [2.75, 3.05) is 13.2 Å². The van der Waals surface area contributed by atoms with Gasteiger partial charge in [-0.3, -0.25) is 9.35 Å². The monoisotopic (exact) mass is 399 g/mol. The molecule has 1 aromatic rings. The van der Waals surface area contributed by atoms with Gasteiger partial charge in [-0.25, -0.2) is 5.48 Å². The number of carbonyl (C=O) groups excluding carboxylic acids is 1. The van der Waals surface area contributed by atoms with Gasteiger partial charge >= 0.3 is 0 Å². The smallest absolute Gasteiger partial charge is 0.275 e. The molecule has 0 aromatic heterocycles. The van der Waals surface area contributed by atoms with Crippen LogP contribution in [0.2, 0.25) is 0 Å². The van der Waals surface area contributed by atoms with Crippen molar-refractivity contribution >= 4 is 15.9 Å². The summed E-state index contributed by atoms with van der Waals surface area (Å²) < 4.78 is 32.5. The molecule has 2 N–H and O–H groups in total. The van der Waals surface area contributed by atoms with Gasteiger partial charge in [-0.15, -0.1) is 0 Å². The van der Waals surface area contributed by atoms with Crippen molar-refractivity contribution in [1.82, 2.24) is 5.48 Å². The van der Waals surface area contributed by atoms with Crippen molar-refractivity contribution in [2.24, 2.45) is 0 Å². The van der Waals surface area contributed by atoms with Gasteiger partial charge < -0.3 is 4.84 Å². The number of hydrogen-bond donors (Lipinski definition) is 2. The van der Waals surface area contributed by atoms with Gasteiger partial charge in [0.25, 0.3) is 10.1 Å². The molecular weight excluding hydrogens is 366 g/mol. The van der Waals surface area contributed by atoms with Crippen LogP contribution in [0.5, 0.6) is 0 Å². The maximum Gasteiger partial charge on any atom is 0.275 e. The maximum absolute atomic E-state index is 12.3. The number of hydrogen-bond acceptors (Lipinski definition) is 5. The van der Waals surface area contributed by atoms with Crippen molar-refractivity contribution in [1.29, 1.82) is 0 Å². The molecule has 0 aliphatic heterocycles. The highest BCUT2D eigenvalue weighted by Gasteiger charge is 2.31. The number of unbranched alkanes of at least 4 members (excludes halogenated alkanes) is 7. The van der Waals surface area contributed by atoms with Gasteiger partial charge in [-0.05, 0) is 12.8 Å². The third-order valence-electron chi connectivity index (χ3n) is 4.42. The Morgan fingerprint density at radius 1 is 1.04 bits per heavy atom. The quantitative estimate of drug-likeness (QED) is 0.187. The summed E-state index contributed by atoms with van der Waals surface area (Å²) in [5.41, 5.74) is 2.95. The number of nitrogens with one attached hydrogen (secondary N) is 1. The molecule has 154 valence electrons. The van der Waals surface area contributed by atoms with E-state index < -0.39 is 21.2 Å². The average Bonchev–Trinajstić information content (AvgIpc) is 2.65. The van der Waals surface area contributed by atoms with Gasteiger partial charge in [0.1, 0.15) is 0 Å². The lowest BCUT2D eigenvalue weighted by molar-refractivity contribution is 0.0377. The van der Waals surface area contributed by atoms with Gasteiger partial charge in [-0.2, -0.15) is 8.42 Å². The lowest BCUT2D eigenvalue weighted by Crippen LogP contribution is -2.33.